The number of rotatable bonds is 7. The van der Waals surface area contributed by atoms with Crippen LogP contribution in [0, 0.1) is 0 Å². The number of hydrogen-bond acceptors (Lipinski definition) is 6. The third-order valence-corrected chi connectivity index (χ3v) is 5.39. The Morgan fingerprint density at radius 1 is 1.08 bits per heavy atom. The van der Waals surface area contributed by atoms with Crippen molar-refractivity contribution in [2.75, 3.05) is 17.7 Å². The average Bonchev–Trinajstić information content (AvgIpc) is 3.10. The van der Waals surface area contributed by atoms with Gasteiger partial charge in [0.1, 0.15) is 10.8 Å². The lowest BCUT2D eigenvalue weighted by Gasteiger charge is -2.06. The van der Waals surface area contributed by atoms with Crippen molar-refractivity contribution in [1.82, 2.24) is 10.2 Å². The topological polar surface area (TPSA) is 76.1 Å². The van der Waals surface area contributed by atoms with Crippen LogP contribution < -0.4 is 15.4 Å². The van der Waals surface area contributed by atoms with Crippen LogP contribution in [0.1, 0.15) is 10.6 Å². The molecule has 3 rings (SSSR count). The molecule has 8 heteroatoms. The van der Waals surface area contributed by atoms with Gasteiger partial charge in [-0.2, -0.15) is 0 Å². The largest absolute Gasteiger partial charge is 0.497 e. The number of carbonyl (C=O) groups is 1. The Hall–Kier alpha value is -2.58. The Morgan fingerprint density at radius 2 is 1.92 bits per heavy atom. The predicted molar refractivity (Wildman–Crippen MR) is 107 cm³/mol. The zero-order chi connectivity index (χ0) is 18.2. The van der Waals surface area contributed by atoms with Crippen molar-refractivity contribution in [3.05, 3.63) is 65.2 Å². The van der Waals surface area contributed by atoms with Crippen LogP contribution in [-0.2, 0) is 11.5 Å². The van der Waals surface area contributed by atoms with E-state index in [0.29, 0.717) is 16.6 Å². The Labute approximate surface area is 160 Å². The zero-order valence-corrected chi connectivity index (χ0v) is 15.8. The van der Waals surface area contributed by atoms with Gasteiger partial charge < -0.3 is 10.1 Å². The molecule has 6 nitrogen and oxygen atoms in total. The van der Waals surface area contributed by atoms with E-state index in [0.717, 1.165) is 16.5 Å². The molecular weight excluding hydrogens is 368 g/mol. The maximum atomic E-state index is 12.1. The van der Waals surface area contributed by atoms with Gasteiger partial charge in [0.2, 0.25) is 5.13 Å². The Morgan fingerprint density at radius 3 is 2.73 bits per heavy atom. The lowest BCUT2D eigenvalue weighted by Crippen LogP contribution is -2.19. The van der Waals surface area contributed by atoms with Crippen LogP contribution >= 0.6 is 23.1 Å². The number of urea groups is 1. The predicted octanol–water partition coefficient (Wildman–Crippen LogP) is 4.62. The van der Waals surface area contributed by atoms with Gasteiger partial charge in [0.25, 0.3) is 0 Å². The first kappa shape index (κ1) is 18.2. The fraction of sp³-hybridized carbons (Fsp3) is 0.167. The van der Waals surface area contributed by atoms with Crippen molar-refractivity contribution in [3.63, 3.8) is 0 Å². The number of nitrogens with one attached hydrogen (secondary N) is 2. The number of hydrogen-bond donors (Lipinski definition) is 2. The third kappa shape index (κ3) is 5.47. The monoisotopic (exact) mass is 386 g/mol. The lowest BCUT2D eigenvalue weighted by atomic mass is 10.2. The number of anilines is 2. The minimum atomic E-state index is -0.363. The maximum absolute atomic E-state index is 12.1. The fourth-order valence-electron chi connectivity index (χ4n) is 2.15. The van der Waals surface area contributed by atoms with Crippen molar-refractivity contribution in [1.29, 1.82) is 0 Å². The Bertz CT molecular complexity index is 855. The molecule has 2 N–H and O–H groups in total. The van der Waals surface area contributed by atoms with Crippen LogP contribution in [0.5, 0.6) is 5.75 Å². The molecule has 134 valence electrons. The molecule has 0 spiro atoms. The van der Waals surface area contributed by atoms with Crippen LogP contribution in [0.2, 0.25) is 0 Å². The van der Waals surface area contributed by atoms with Gasteiger partial charge in [0, 0.05) is 23.3 Å². The molecule has 2 amide bonds. The summed E-state index contributed by atoms with van der Waals surface area (Å²) < 4.78 is 5.13. The number of thioether (sulfide) groups is 1. The molecule has 1 heterocycles. The van der Waals surface area contributed by atoms with Gasteiger partial charge >= 0.3 is 6.03 Å². The number of carbonyl (C=O) groups excluding carboxylic acids is 1. The zero-order valence-electron chi connectivity index (χ0n) is 14.1. The van der Waals surface area contributed by atoms with E-state index < -0.39 is 0 Å². The fourth-order valence-corrected chi connectivity index (χ4v) is 3.93. The Balaban J connectivity index is 1.47. The quantitative estimate of drug-likeness (QED) is 0.619. The molecule has 1 aromatic heterocycles. The number of methoxy groups -OCH3 is 1. The second-order valence-corrected chi connectivity index (χ2v) is 7.34. The summed E-state index contributed by atoms with van der Waals surface area (Å²) in [6.45, 7) is 0. The number of benzene rings is 2. The molecule has 0 aliphatic carbocycles. The normalized spacial score (nSPS) is 10.3. The molecule has 0 bridgehead atoms. The van der Waals surface area contributed by atoms with Crippen molar-refractivity contribution >= 4 is 39.9 Å². The van der Waals surface area contributed by atoms with E-state index in [-0.39, 0.29) is 6.03 Å². The number of amides is 2. The van der Waals surface area contributed by atoms with E-state index in [2.05, 4.69) is 33.0 Å². The SMILES string of the molecule is COc1cccc(NC(=O)Nc2nnc(CSCc3ccccc3)s2)c1. The minimum absolute atomic E-state index is 0.363. The molecule has 2 aromatic carbocycles. The van der Waals surface area contributed by atoms with Crippen molar-refractivity contribution in [2.45, 2.75) is 11.5 Å². The van der Waals surface area contributed by atoms with Gasteiger partial charge in [0.15, 0.2) is 0 Å². The first-order chi connectivity index (χ1) is 12.7. The second-order valence-electron chi connectivity index (χ2n) is 5.29. The standard InChI is InChI=1S/C18H18N4O2S2/c1-24-15-9-5-8-14(10-15)19-17(23)20-18-22-21-16(26-18)12-25-11-13-6-3-2-4-7-13/h2-10H,11-12H2,1H3,(H2,19,20,22,23). The van der Waals surface area contributed by atoms with E-state index in [4.69, 9.17) is 4.74 Å². The van der Waals surface area contributed by atoms with Gasteiger partial charge in [-0.3, -0.25) is 5.32 Å². The van der Waals surface area contributed by atoms with Gasteiger partial charge in [-0.1, -0.05) is 47.7 Å². The number of ether oxygens (including phenoxy) is 1. The highest BCUT2D eigenvalue weighted by Gasteiger charge is 2.09. The van der Waals surface area contributed by atoms with E-state index >= 15 is 0 Å². The third-order valence-electron chi connectivity index (χ3n) is 3.35. The summed E-state index contributed by atoms with van der Waals surface area (Å²) in [4.78, 5) is 12.1. The van der Waals surface area contributed by atoms with E-state index in [9.17, 15) is 4.79 Å². The van der Waals surface area contributed by atoms with Crippen LogP contribution in [0.3, 0.4) is 0 Å². The molecule has 0 radical (unpaired) electrons. The summed E-state index contributed by atoms with van der Waals surface area (Å²) in [5.41, 5.74) is 1.92. The first-order valence-electron chi connectivity index (χ1n) is 7.89. The molecule has 0 saturated carbocycles. The summed E-state index contributed by atoms with van der Waals surface area (Å²) >= 11 is 3.14. The van der Waals surface area contributed by atoms with Gasteiger partial charge in [-0.05, 0) is 17.7 Å². The Kier molecular flexibility index (Phi) is 6.45. The molecular formula is C18H18N4O2S2. The highest BCUT2D eigenvalue weighted by atomic mass is 32.2. The molecule has 0 fully saturated rings. The summed E-state index contributed by atoms with van der Waals surface area (Å²) in [6, 6.07) is 17.1. The molecule has 0 aliphatic heterocycles. The van der Waals surface area contributed by atoms with Gasteiger partial charge in [0.05, 0.1) is 7.11 Å². The van der Waals surface area contributed by atoms with Crippen LogP contribution in [0.4, 0.5) is 15.6 Å². The maximum Gasteiger partial charge on any atom is 0.325 e. The smallest absolute Gasteiger partial charge is 0.325 e. The second kappa shape index (κ2) is 9.21. The van der Waals surface area contributed by atoms with E-state index in [1.807, 2.05) is 30.3 Å². The molecule has 0 aliphatic rings. The summed E-state index contributed by atoms with van der Waals surface area (Å²) in [7, 11) is 1.58. The average molecular weight is 387 g/mol. The first-order valence-corrected chi connectivity index (χ1v) is 9.86. The van der Waals surface area contributed by atoms with Crippen molar-refractivity contribution in [2.24, 2.45) is 0 Å². The van der Waals surface area contributed by atoms with E-state index in [1.165, 1.54) is 16.9 Å². The van der Waals surface area contributed by atoms with Gasteiger partial charge in [-0.15, -0.1) is 22.0 Å². The highest BCUT2D eigenvalue weighted by Crippen LogP contribution is 2.23. The molecule has 3 aromatic rings. The van der Waals surface area contributed by atoms with Crippen molar-refractivity contribution < 1.29 is 9.53 Å². The van der Waals surface area contributed by atoms with Crippen LogP contribution in [-0.4, -0.2) is 23.3 Å². The summed E-state index contributed by atoms with van der Waals surface area (Å²) in [5.74, 6) is 2.35. The highest BCUT2D eigenvalue weighted by molar-refractivity contribution is 7.97. The van der Waals surface area contributed by atoms with Crippen LogP contribution in [0.15, 0.2) is 54.6 Å². The lowest BCUT2D eigenvalue weighted by molar-refractivity contribution is 0.262. The summed E-state index contributed by atoms with van der Waals surface area (Å²) in [5, 5.41) is 14.9. The van der Waals surface area contributed by atoms with Gasteiger partial charge in [-0.25, -0.2) is 4.79 Å². The number of nitrogens with zero attached hydrogens (tertiary/aromatic N) is 2. The van der Waals surface area contributed by atoms with E-state index in [1.54, 1.807) is 31.0 Å². The van der Waals surface area contributed by atoms with Crippen LogP contribution in [0.25, 0.3) is 0 Å². The molecule has 0 atom stereocenters. The van der Waals surface area contributed by atoms with Crippen molar-refractivity contribution in [3.8, 4) is 5.75 Å². The minimum Gasteiger partial charge on any atom is -0.497 e. The molecule has 26 heavy (non-hydrogen) atoms. The molecule has 0 unspecified atom stereocenters. The summed E-state index contributed by atoms with van der Waals surface area (Å²) in [6.07, 6.45) is 0. The number of aromatic nitrogens is 2. The molecule has 0 saturated heterocycles.